The van der Waals surface area contributed by atoms with E-state index >= 15 is 0 Å². The van der Waals surface area contributed by atoms with Gasteiger partial charge in [-0.15, -0.1) is 0 Å². The Kier molecular flexibility index (Phi) is 11.0. The van der Waals surface area contributed by atoms with Crippen LogP contribution in [0, 0.1) is 0 Å². The molecule has 18 heavy (non-hydrogen) atoms. The van der Waals surface area contributed by atoms with Crippen molar-refractivity contribution in [3.8, 4) is 0 Å². The van der Waals surface area contributed by atoms with E-state index in [0.717, 1.165) is 5.75 Å². The summed E-state index contributed by atoms with van der Waals surface area (Å²) in [7, 11) is 0.151. The molecule has 2 heteroatoms. The monoisotopic (exact) mass is 286 g/mol. The van der Waals surface area contributed by atoms with Crippen LogP contribution < -0.4 is 0 Å². The van der Waals surface area contributed by atoms with E-state index in [1.807, 2.05) is 0 Å². The standard InChI is InChI=1S/C16H30S2/c17-13-9-7-5-3-1-2-4-6-8-10-14-18-15-11-12-16-18/h11-12,15-18H,1-10,13-14H2. The van der Waals surface area contributed by atoms with Crippen LogP contribution in [0.2, 0.25) is 0 Å². The minimum atomic E-state index is 0.151. The van der Waals surface area contributed by atoms with Crippen LogP contribution >= 0.6 is 23.5 Å². The molecule has 1 aliphatic heterocycles. The first-order chi connectivity index (χ1) is 8.93. The molecule has 0 aromatic heterocycles. The van der Waals surface area contributed by atoms with Crippen molar-refractivity contribution in [1.82, 2.24) is 0 Å². The zero-order valence-corrected chi connectivity index (χ0v) is 13.5. The molecule has 1 heterocycles. The van der Waals surface area contributed by atoms with Crippen LogP contribution in [0.4, 0.5) is 0 Å². The van der Waals surface area contributed by atoms with E-state index in [-0.39, 0.29) is 10.9 Å². The first-order valence-electron chi connectivity index (χ1n) is 7.65. The Balaban J connectivity index is 1.71. The van der Waals surface area contributed by atoms with Gasteiger partial charge in [0.1, 0.15) is 0 Å². The lowest BCUT2D eigenvalue weighted by atomic mass is 10.1. The van der Waals surface area contributed by atoms with Crippen molar-refractivity contribution in [2.45, 2.75) is 64.2 Å². The van der Waals surface area contributed by atoms with Gasteiger partial charge in [-0.2, -0.15) is 12.6 Å². The Morgan fingerprint density at radius 3 is 1.56 bits per heavy atom. The first-order valence-corrected chi connectivity index (χ1v) is 9.95. The second kappa shape index (κ2) is 12.2. The summed E-state index contributed by atoms with van der Waals surface area (Å²) in [4.78, 5) is 0. The summed E-state index contributed by atoms with van der Waals surface area (Å²) in [5.74, 6) is 2.49. The normalized spacial score (nSPS) is 15.7. The number of rotatable bonds is 12. The van der Waals surface area contributed by atoms with Crippen molar-refractivity contribution >= 4 is 23.5 Å². The molecule has 0 bridgehead atoms. The molecule has 0 aromatic carbocycles. The molecule has 0 aromatic rings. The van der Waals surface area contributed by atoms with Gasteiger partial charge in [0, 0.05) is 0 Å². The molecule has 0 aliphatic carbocycles. The third-order valence-corrected chi connectivity index (χ3v) is 5.75. The van der Waals surface area contributed by atoms with Crippen molar-refractivity contribution in [2.24, 2.45) is 0 Å². The molecule has 1 rings (SSSR count). The van der Waals surface area contributed by atoms with E-state index in [4.69, 9.17) is 0 Å². The lowest BCUT2D eigenvalue weighted by molar-refractivity contribution is 0.564. The zero-order chi connectivity index (χ0) is 12.9. The third-order valence-electron chi connectivity index (χ3n) is 3.49. The minimum absolute atomic E-state index is 0.151. The van der Waals surface area contributed by atoms with Crippen LogP contribution in [0.15, 0.2) is 23.0 Å². The van der Waals surface area contributed by atoms with Crippen LogP contribution in [-0.2, 0) is 0 Å². The number of hydrogen-bond donors (Lipinski definition) is 2. The predicted molar refractivity (Wildman–Crippen MR) is 92.2 cm³/mol. The van der Waals surface area contributed by atoms with E-state index in [0.29, 0.717) is 0 Å². The fraction of sp³-hybridized carbons (Fsp3) is 0.750. The van der Waals surface area contributed by atoms with E-state index in [9.17, 15) is 0 Å². The predicted octanol–water partition coefficient (Wildman–Crippen LogP) is 5.86. The molecule has 1 aliphatic rings. The van der Waals surface area contributed by atoms with Gasteiger partial charge in [0.15, 0.2) is 0 Å². The number of thiol groups is 2. The molecular weight excluding hydrogens is 256 g/mol. The summed E-state index contributed by atoms with van der Waals surface area (Å²) < 4.78 is 0. The average molecular weight is 287 g/mol. The van der Waals surface area contributed by atoms with E-state index < -0.39 is 0 Å². The Bertz CT molecular complexity index is 221. The number of hydrogen-bond acceptors (Lipinski definition) is 1. The van der Waals surface area contributed by atoms with Crippen LogP contribution in [0.3, 0.4) is 0 Å². The van der Waals surface area contributed by atoms with Gasteiger partial charge in [-0.05, 0) is 35.2 Å². The van der Waals surface area contributed by atoms with Crippen LogP contribution in [0.25, 0.3) is 0 Å². The Labute approximate surface area is 122 Å². The summed E-state index contributed by atoms with van der Waals surface area (Å²) in [6, 6.07) is 0. The van der Waals surface area contributed by atoms with Gasteiger partial charge in [-0.1, -0.05) is 63.5 Å². The second-order valence-electron chi connectivity index (χ2n) is 5.18. The van der Waals surface area contributed by atoms with Crippen LogP contribution in [0.1, 0.15) is 64.2 Å². The SMILES string of the molecule is SCCCCCCCCCCCC[SH]1C=CC=C1. The van der Waals surface area contributed by atoms with E-state index in [2.05, 4.69) is 35.6 Å². The molecule has 0 saturated carbocycles. The van der Waals surface area contributed by atoms with Gasteiger partial charge in [-0.3, -0.25) is 0 Å². The molecule has 0 saturated heterocycles. The van der Waals surface area contributed by atoms with Crippen molar-refractivity contribution in [2.75, 3.05) is 11.5 Å². The van der Waals surface area contributed by atoms with Gasteiger partial charge in [0.2, 0.25) is 0 Å². The molecule has 106 valence electrons. The van der Waals surface area contributed by atoms with Crippen molar-refractivity contribution in [3.05, 3.63) is 23.0 Å². The lowest BCUT2D eigenvalue weighted by Gasteiger charge is -2.08. The smallest absolute Gasteiger partial charge is 0.00979 e. The van der Waals surface area contributed by atoms with Crippen molar-refractivity contribution in [1.29, 1.82) is 0 Å². The van der Waals surface area contributed by atoms with Crippen LogP contribution in [0.5, 0.6) is 0 Å². The molecule has 0 unspecified atom stereocenters. The molecule has 0 nitrogen and oxygen atoms in total. The fourth-order valence-electron chi connectivity index (χ4n) is 2.34. The highest BCUT2D eigenvalue weighted by molar-refractivity contribution is 8.22. The number of allylic oxidation sites excluding steroid dienone is 2. The average Bonchev–Trinajstić information content (AvgIpc) is 2.89. The quantitative estimate of drug-likeness (QED) is 0.326. The molecule has 0 spiro atoms. The highest BCUT2D eigenvalue weighted by Crippen LogP contribution is 2.33. The summed E-state index contributed by atoms with van der Waals surface area (Å²) in [6.45, 7) is 0. The molecular formula is C16H30S2. The van der Waals surface area contributed by atoms with E-state index in [1.165, 1.54) is 70.0 Å². The fourth-order valence-corrected chi connectivity index (χ4v) is 4.19. The Hall–Kier alpha value is 0.180. The highest BCUT2D eigenvalue weighted by atomic mass is 32.2. The van der Waals surface area contributed by atoms with Gasteiger partial charge in [-0.25, -0.2) is 10.9 Å². The molecule has 0 radical (unpaired) electrons. The van der Waals surface area contributed by atoms with Crippen molar-refractivity contribution in [3.63, 3.8) is 0 Å². The first kappa shape index (κ1) is 16.2. The van der Waals surface area contributed by atoms with Gasteiger partial charge in [0.05, 0.1) is 0 Å². The largest absolute Gasteiger partial charge is 0.213 e. The Morgan fingerprint density at radius 2 is 1.06 bits per heavy atom. The molecule has 0 atom stereocenters. The lowest BCUT2D eigenvalue weighted by Crippen LogP contribution is -1.85. The van der Waals surface area contributed by atoms with E-state index in [1.54, 1.807) is 0 Å². The van der Waals surface area contributed by atoms with Gasteiger partial charge >= 0.3 is 0 Å². The maximum atomic E-state index is 4.24. The number of unbranched alkanes of at least 4 members (excludes halogenated alkanes) is 9. The van der Waals surface area contributed by atoms with Gasteiger partial charge < -0.3 is 0 Å². The summed E-state index contributed by atoms with van der Waals surface area (Å²) in [6.07, 6.45) is 18.6. The highest BCUT2D eigenvalue weighted by Gasteiger charge is 1.98. The van der Waals surface area contributed by atoms with Gasteiger partial charge in [0.25, 0.3) is 0 Å². The second-order valence-corrected chi connectivity index (χ2v) is 7.70. The maximum absolute atomic E-state index is 4.24. The summed E-state index contributed by atoms with van der Waals surface area (Å²) in [5, 5.41) is 4.78. The molecule has 0 amide bonds. The Morgan fingerprint density at radius 1 is 0.611 bits per heavy atom. The van der Waals surface area contributed by atoms with Crippen molar-refractivity contribution < 1.29 is 0 Å². The summed E-state index contributed by atoms with van der Waals surface area (Å²) >= 11 is 4.24. The molecule has 0 N–H and O–H groups in total. The summed E-state index contributed by atoms with van der Waals surface area (Å²) in [5.41, 5.74) is 0. The minimum Gasteiger partial charge on any atom is -0.213 e. The molecule has 0 fully saturated rings. The zero-order valence-electron chi connectivity index (χ0n) is 11.7. The maximum Gasteiger partial charge on any atom is -0.00979 e. The third kappa shape index (κ3) is 9.16. The topological polar surface area (TPSA) is 0 Å². The van der Waals surface area contributed by atoms with Crippen LogP contribution in [-0.4, -0.2) is 11.5 Å².